The average molecular weight is 346 g/mol. The molecule has 0 atom stereocenters. The molecule has 0 aliphatic heterocycles. The summed E-state index contributed by atoms with van der Waals surface area (Å²) >= 11 is 0. The van der Waals surface area contributed by atoms with Gasteiger partial charge in [-0.05, 0) is 30.3 Å². The van der Waals surface area contributed by atoms with Crippen molar-refractivity contribution in [1.29, 1.82) is 0 Å². The summed E-state index contributed by atoms with van der Waals surface area (Å²) in [5, 5.41) is 18.3. The summed E-state index contributed by atoms with van der Waals surface area (Å²) in [7, 11) is 0. The van der Waals surface area contributed by atoms with Crippen LogP contribution in [0, 0.1) is 15.9 Å². The number of halogens is 1. The van der Waals surface area contributed by atoms with Gasteiger partial charge < -0.3 is 16.0 Å². The summed E-state index contributed by atoms with van der Waals surface area (Å²) < 4.78 is 12.8. The van der Waals surface area contributed by atoms with Crippen molar-refractivity contribution in [2.45, 2.75) is 0 Å². The van der Waals surface area contributed by atoms with Crippen LogP contribution in [0.5, 0.6) is 0 Å². The quantitative estimate of drug-likeness (QED) is 0.523. The molecule has 0 spiro atoms. The van der Waals surface area contributed by atoms with Gasteiger partial charge in [0.05, 0.1) is 18.0 Å². The summed E-state index contributed by atoms with van der Waals surface area (Å²) in [6, 6.07) is 10.9. The zero-order chi connectivity index (χ0) is 18.2. The molecule has 8 nitrogen and oxygen atoms in total. The van der Waals surface area contributed by atoms with Gasteiger partial charge in [-0.3, -0.25) is 19.7 Å². The number of nitrogens with zero attached hydrogens (tertiary/aromatic N) is 1. The Hall–Kier alpha value is -3.49. The van der Waals surface area contributed by atoms with Crippen molar-refractivity contribution in [3.63, 3.8) is 0 Å². The standard InChI is InChI=1S/C16H15FN4O4/c17-11-4-6-12(7-5-11)20-16(23)10-19-15(22)9-18-13-2-1-3-14(8-13)21(24)25/h1-8,18H,9-10H2,(H,19,22)(H,20,23). The zero-order valence-electron chi connectivity index (χ0n) is 13.0. The second-order valence-electron chi connectivity index (χ2n) is 4.99. The van der Waals surface area contributed by atoms with E-state index in [0.29, 0.717) is 11.4 Å². The van der Waals surface area contributed by atoms with E-state index in [-0.39, 0.29) is 18.8 Å². The maximum absolute atomic E-state index is 12.8. The van der Waals surface area contributed by atoms with Crippen molar-refractivity contribution >= 4 is 28.9 Å². The molecule has 0 saturated carbocycles. The third kappa shape index (κ3) is 5.90. The zero-order valence-corrected chi connectivity index (χ0v) is 13.0. The molecule has 2 amide bonds. The Labute approximate surface area is 142 Å². The number of nitrogens with one attached hydrogen (secondary N) is 3. The van der Waals surface area contributed by atoms with Gasteiger partial charge in [0.15, 0.2) is 0 Å². The van der Waals surface area contributed by atoms with Crippen molar-refractivity contribution in [2.24, 2.45) is 0 Å². The number of benzene rings is 2. The van der Waals surface area contributed by atoms with Crippen molar-refractivity contribution < 1.29 is 18.9 Å². The number of nitro groups is 1. The van der Waals surface area contributed by atoms with Crippen molar-refractivity contribution in [2.75, 3.05) is 23.7 Å². The lowest BCUT2D eigenvalue weighted by Crippen LogP contribution is -2.36. The van der Waals surface area contributed by atoms with E-state index in [4.69, 9.17) is 0 Å². The highest BCUT2D eigenvalue weighted by molar-refractivity contribution is 5.95. The third-order valence-electron chi connectivity index (χ3n) is 3.08. The van der Waals surface area contributed by atoms with Gasteiger partial charge >= 0.3 is 0 Å². The molecule has 0 radical (unpaired) electrons. The van der Waals surface area contributed by atoms with Crippen molar-refractivity contribution in [3.05, 3.63) is 64.5 Å². The van der Waals surface area contributed by atoms with Gasteiger partial charge in [0, 0.05) is 23.5 Å². The number of nitro benzene ring substituents is 1. The maximum atomic E-state index is 12.8. The lowest BCUT2D eigenvalue weighted by atomic mass is 10.3. The van der Waals surface area contributed by atoms with Crippen molar-refractivity contribution in [1.82, 2.24) is 5.32 Å². The Morgan fingerprint density at radius 2 is 1.72 bits per heavy atom. The number of carbonyl (C=O) groups excluding carboxylic acids is 2. The molecule has 0 aromatic heterocycles. The predicted octanol–water partition coefficient (Wildman–Crippen LogP) is 1.90. The molecule has 25 heavy (non-hydrogen) atoms. The Balaban J connectivity index is 1.75. The van der Waals surface area contributed by atoms with Crippen LogP contribution >= 0.6 is 0 Å². The van der Waals surface area contributed by atoms with E-state index in [0.717, 1.165) is 0 Å². The first-order chi connectivity index (χ1) is 11.9. The molecule has 0 heterocycles. The molecule has 2 aromatic carbocycles. The van der Waals surface area contributed by atoms with Gasteiger partial charge in [-0.1, -0.05) is 6.07 Å². The monoisotopic (exact) mass is 346 g/mol. The average Bonchev–Trinajstić information content (AvgIpc) is 2.60. The first-order valence-electron chi connectivity index (χ1n) is 7.24. The summed E-state index contributed by atoms with van der Waals surface area (Å²) in [6.07, 6.45) is 0. The molecule has 0 unspecified atom stereocenters. The van der Waals surface area contributed by atoms with Crippen LogP contribution in [0.4, 0.5) is 21.5 Å². The molecule has 3 N–H and O–H groups in total. The molecule has 2 rings (SSSR count). The maximum Gasteiger partial charge on any atom is 0.271 e. The first-order valence-corrected chi connectivity index (χ1v) is 7.24. The minimum absolute atomic E-state index is 0.0934. The fourth-order valence-electron chi connectivity index (χ4n) is 1.89. The number of non-ortho nitro benzene ring substituents is 1. The molecule has 0 aliphatic carbocycles. The van der Waals surface area contributed by atoms with Crippen LogP contribution in [-0.4, -0.2) is 29.8 Å². The van der Waals surface area contributed by atoms with E-state index in [1.807, 2.05) is 0 Å². The van der Waals surface area contributed by atoms with Crippen LogP contribution in [0.1, 0.15) is 0 Å². The van der Waals surface area contributed by atoms with Crippen LogP contribution in [-0.2, 0) is 9.59 Å². The van der Waals surface area contributed by atoms with E-state index in [2.05, 4.69) is 16.0 Å². The molecular weight excluding hydrogens is 331 g/mol. The smallest absolute Gasteiger partial charge is 0.271 e. The summed E-state index contributed by atoms with van der Waals surface area (Å²) in [6.45, 7) is -0.405. The number of amides is 2. The number of rotatable bonds is 7. The number of hydrogen-bond acceptors (Lipinski definition) is 5. The van der Waals surface area contributed by atoms with Crippen LogP contribution in [0.2, 0.25) is 0 Å². The molecule has 0 bridgehead atoms. The SMILES string of the molecule is O=C(CNc1cccc([N+](=O)[O-])c1)NCC(=O)Nc1ccc(F)cc1. The van der Waals surface area contributed by atoms with E-state index >= 15 is 0 Å². The Bertz CT molecular complexity index is 780. The van der Waals surface area contributed by atoms with Crippen LogP contribution in [0.15, 0.2) is 48.5 Å². The Morgan fingerprint density at radius 3 is 2.40 bits per heavy atom. The molecule has 0 saturated heterocycles. The summed E-state index contributed by atoms with van der Waals surface area (Å²) in [5.41, 5.74) is 0.736. The van der Waals surface area contributed by atoms with Gasteiger partial charge in [-0.2, -0.15) is 0 Å². The van der Waals surface area contributed by atoms with Gasteiger partial charge in [0.1, 0.15) is 5.82 Å². The fraction of sp³-hybridized carbons (Fsp3) is 0.125. The van der Waals surface area contributed by atoms with E-state index < -0.39 is 22.6 Å². The van der Waals surface area contributed by atoms with Gasteiger partial charge in [-0.25, -0.2) is 4.39 Å². The highest BCUT2D eigenvalue weighted by atomic mass is 19.1. The summed E-state index contributed by atoms with van der Waals surface area (Å²) in [5.74, 6) is -1.34. The van der Waals surface area contributed by atoms with Gasteiger partial charge in [0.25, 0.3) is 5.69 Å². The predicted molar refractivity (Wildman–Crippen MR) is 89.6 cm³/mol. The minimum Gasteiger partial charge on any atom is -0.376 e. The van der Waals surface area contributed by atoms with Crippen LogP contribution in [0.25, 0.3) is 0 Å². The second-order valence-corrected chi connectivity index (χ2v) is 4.99. The molecule has 9 heteroatoms. The lowest BCUT2D eigenvalue weighted by Gasteiger charge is -2.08. The fourth-order valence-corrected chi connectivity index (χ4v) is 1.89. The lowest BCUT2D eigenvalue weighted by molar-refractivity contribution is -0.384. The highest BCUT2D eigenvalue weighted by Crippen LogP contribution is 2.16. The number of anilines is 2. The van der Waals surface area contributed by atoms with Gasteiger partial charge in [-0.15, -0.1) is 0 Å². The molecule has 0 aliphatic rings. The van der Waals surface area contributed by atoms with Crippen LogP contribution < -0.4 is 16.0 Å². The number of hydrogen-bond donors (Lipinski definition) is 3. The van der Waals surface area contributed by atoms with E-state index in [1.54, 1.807) is 6.07 Å². The number of carbonyl (C=O) groups is 2. The van der Waals surface area contributed by atoms with Crippen LogP contribution in [0.3, 0.4) is 0 Å². The first kappa shape index (κ1) is 17.9. The second kappa shape index (κ2) is 8.39. The van der Waals surface area contributed by atoms with Crippen molar-refractivity contribution in [3.8, 4) is 0 Å². The topological polar surface area (TPSA) is 113 Å². The largest absolute Gasteiger partial charge is 0.376 e. The normalized spacial score (nSPS) is 9.96. The van der Waals surface area contributed by atoms with Gasteiger partial charge in [0.2, 0.25) is 11.8 Å². The molecule has 2 aromatic rings. The summed E-state index contributed by atoms with van der Waals surface area (Å²) in [4.78, 5) is 33.5. The molecule has 130 valence electrons. The van der Waals surface area contributed by atoms with E-state index in [9.17, 15) is 24.1 Å². The Morgan fingerprint density at radius 1 is 1.00 bits per heavy atom. The minimum atomic E-state index is -0.537. The molecular formula is C16H15FN4O4. The third-order valence-corrected chi connectivity index (χ3v) is 3.08. The van der Waals surface area contributed by atoms with E-state index in [1.165, 1.54) is 42.5 Å². The highest BCUT2D eigenvalue weighted by Gasteiger charge is 2.08. The molecule has 0 fully saturated rings. The Kier molecular flexibility index (Phi) is 5.99.